The van der Waals surface area contributed by atoms with E-state index in [1.54, 1.807) is 12.1 Å². The Kier molecular flexibility index (Phi) is 5.31. The van der Waals surface area contributed by atoms with E-state index < -0.39 is 12.0 Å². The smallest absolute Gasteiger partial charge is 0.248 e. The molecule has 1 heterocycles. The van der Waals surface area contributed by atoms with Gasteiger partial charge in [0, 0.05) is 22.7 Å². The van der Waals surface area contributed by atoms with E-state index in [-0.39, 0.29) is 6.61 Å². The Morgan fingerprint density at radius 3 is 2.41 bits per heavy atom. The zero-order valence-electron chi connectivity index (χ0n) is 15.9. The molecule has 1 amide bonds. The lowest BCUT2D eigenvalue weighted by atomic mass is 10.1. The predicted molar refractivity (Wildman–Crippen MR) is 114 cm³/mol. The molecule has 29 heavy (non-hydrogen) atoms. The first-order chi connectivity index (χ1) is 14.1. The summed E-state index contributed by atoms with van der Waals surface area (Å²) in [7, 11) is 0. The maximum absolute atomic E-state index is 11.3. The number of aliphatic hydroxyl groups is 1. The number of hydrogen-bond acceptors (Lipinski definition) is 3. The van der Waals surface area contributed by atoms with Gasteiger partial charge in [0.25, 0.3) is 0 Å². The highest BCUT2D eigenvalue weighted by atomic mass is 16.5. The van der Waals surface area contributed by atoms with Crippen LogP contribution in [-0.2, 0) is 6.54 Å². The second kappa shape index (κ2) is 8.20. The Morgan fingerprint density at radius 2 is 1.69 bits per heavy atom. The summed E-state index contributed by atoms with van der Waals surface area (Å²) in [5.41, 5.74) is 9.00. The molecule has 1 unspecified atom stereocenters. The largest absolute Gasteiger partial charge is 0.491 e. The molecular weight excluding hydrogens is 364 g/mol. The van der Waals surface area contributed by atoms with Gasteiger partial charge in [-0.1, -0.05) is 42.5 Å². The van der Waals surface area contributed by atoms with E-state index in [1.807, 2.05) is 65.4 Å². The zero-order valence-corrected chi connectivity index (χ0v) is 15.9. The highest BCUT2D eigenvalue weighted by Gasteiger charge is 2.10. The van der Waals surface area contributed by atoms with Crippen LogP contribution in [0.25, 0.3) is 22.0 Å². The van der Waals surface area contributed by atoms with E-state index in [0.717, 1.165) is 22.0 Å². The van der Waals surface area contributed by atoms with Crippen molar-refractivity contribution in [3.05, 3.63) is 90.6 Å². The third-order valence-corrected chi connectivity index (χ3v) is 4.87. The topological polar surface area (TPSA) is 77.5 Å². The second-order valence-electron chi connectivity index (χ2n) is 6.96. The fourth-order valence-electron chi connectivity index (χ4n) is 3.36. The highest BCUT2D eigenvalue weighted by Crippen LogP contribution is 2.22. The first-order valence-corrected chi connectivity index (χ1v) is 9.45. The number of nitrogens with zero attached hydrogens (tertiary/aromatic N) is 1. The molecule has 1 aromatic heterocycles. The van der Waals surface area contributed by atoms with E-state index in [1.165, 1.54) is 0 Å². The Balaban J connectivity index is 1.37. The number of rotatable bonds is 7. The Hall–Kier alpha value is -3.57. The van der Waals surface area contributed by atoms with Crippen molar-refractivity contribution >= 4 is 16.8 Å². The minimum atomic E-state index is -0.671. The van der Waals surface area contributed by atoms with Crippen LogP contribution < -0.4 is 10.5 Å². The summed E-state index contributed by atoms with van der Waals surface area (Å²) in [4.78, 5) is 11.3. The first kappa shape index (κ1) is 18.8. The van der Waals surface area contributed by atoms with Gasteiger partial charge in [-0.25, -0.2) is 0 Å². The standard InChI is InChI=1S/C24H22N2O3/c25-24(28)20-8-11-23-19(14-20)12-13-26(23)15-21(27)16-29-22-9-6-18(7-10-22)17-4-2-1-3-5-17/h1-14,21,27H,15-16H2,(H2,25,28). The van der Waals surface area contributed by atoms with Gasteiger partial charge < -0.3 is 20.1 Å². The zero-order chi connectivity index (χ0) is 20.2. The summed E-state index contributed by atoms with van der Waals surface area (Å²) < 4.78 is 7.68. The number of ether oxygens (including phenoxy) is 1. The van der Waals surface area contributed by atoms with Crippen molar-refractivity contribution in [2.24, 2.45) is 5.73 Å². The Labute approximate surface area is 169 Å². The molecule has 0 aliphatic carbocycles. The van der Waals surface area contributed by atoms with Gasteiger partial charge in [0.1, 0.15) is 18.5 Å². The molecule has 3 aromatic carbocycles. The molecule has 5 heteroatoms. The van der Waals surface area contributed by atoms with Crippen LogP contribution in [0.2, 0.25) is 0 Å². The molecule has 0 saturated carbocycles. The van der Waals surface area contributed by atoms with Crippen LogP contribution in [-0.4, -0.2) is 28.3 Å². The number of fused-ring (bicyclic) bond motifs is 1. The summed E-state index contributed by atoms with van der Waals surface area (Å²) in [6.07, 6.45) is 1.21. The molecule has 4 rings (SSSR count). The average molecular weight is 386 g/mol. The summed E-state index contributed by atoms with van der Waals surface area (Å²) in [6.45, 7) is 0.575. The van der Waals surface area contributed by atoms with Crippen LogP contribution in [0.15, 0.2) is 85.1 Å². The number of benzene rings is 3. The summed E-state index contributed by atoms with van der Waals surface area (Å²) in [5, 5.41) is 11.3. The van der Waals surface area contributed by atoms with Gasteiger partial charge in [0.15, 0.2) is 0 Å². The minimum Gasteiger partial charge on any atom is -0.491 e. The van der Waals surface area contributed by atoms with E-state index in [2.05, 4.69) is 12.1 Å². The number of carbonyl (C=O) groups excluding carboxylic acids is 1. The number of hydrogen-bond donors (Lipinski definition) is 2. The highest BCUT2D eigenvalue weighted by molar-refractivity contribution is 5.97. The maximum atomic E-state index is 11.3. The van der Waals surface area contributed by atoms with Crippen molar-refractivity contribution in [2.45, 2.75) is 12.6 Å². The van der Waals surface area contributed by atoms with E-state index in [4.69, 9.17) is 10.5 Å². The first-order valence-electron chi connectivity index (χ1n) is 9.45. The number of aliphatic hydroxyl groups excluding tert-OH is 1. The Morgan fingerprint density at radius 1 is 0.966 bits per heavy atom. The van der Waals surface area contributed by atoms with Crippen LogP contribution in [0, 0.1) is 0 Å². The summed E-state index contributed by atoms with van der Waals surface area (Å²) in [6, 6.07) is 25.2. The fraction of sp³-hybridized carbons (Fsp3) is 0.125. The van der Waals surface area contributed by atoms with Gasteiger partial charge in [-0.2, -0.15) is 0 Å². The maximum Gasteiger partial charge on any atom is 0.248 e. The molecule has 5 nitrogen and oxygen atoms in total. The lowest BCUT2D eigenvalue weighted by Gasteiger charge is -2.14. The van der Waals surface area contributed by atoms with E-state index in [0.29, 0.717) is 17.9 Å². The molecule has 0 saturated heterocycles. The second-order valence-corrected chi connectivity index (χ2v) is 6.96. The molecule has 3 N–H and O–H groups in total. The molecule has 0 fully saturated rings. The number of carbonyl (C=O) groups is 1. The molecule has 0 aliphatic heterocycles. The van der Waals surface area contributed by atoms with Crippen LogP contribution in [0.4, 0.5) is 0 Å². The van der Waals surface area contributed by atoms with E-state index in [9.17, 15) is 9.90 Å². The van der Waals surface area contributed by atoms with Crippen LogP contribution in [0.1, 0.15) is 10.4 Å². The molecule has 0 spiro atoms. The van der Waals surface area contributed by atoms with Crippen molar-refractivity contribution in [1.29, 1.82) is 0 Å². The quantitative estimate of drug-likeness (QED) is 0.506. The van der Waals surface area contributed by atoms with Gasteiger partial charge in [-0.05, 0) is 47.5 Å². The third kappa shape index (κ3) is 4.31. The van der Waals surface area contributed by atoms with E-state index >= 15 is 0 Å². The molecule has 0 bridgehead atoms. The van der Waals surface area contributed by atoms with Gasteiger partial charge in [0.2, 0.25) is 5.91 Å². The van der Waals surface area contributed by atoms with Crippen LogP contribution in [0.5, 0.6) is 5.75 Å². The average Bonchev–Trinajstić information content (AvgIpc) is 3.15. The molecule has 0 radical (unpaired) electrons. The number of amides is 1. The Bertz CT molecular complexity index is 1120. The SMILES string of the molecule is NC(=O)c1ccc2c(ccn2CC(O)COc2ccc(-c3ccccc3)cc2)c1. The third-order valence-electron chi connectivity index (χ3n) is 4.87. The lowest BCUT2D eigenvalue weighted by molar-refractivity contribution is 0.0935. The molecule has 0 aliphatic rings. The molecular formula is C24H22N2O3. The predicted octanol–water partition coefficient (Wildman–Crippen LogP) is 3.85. The van der Waals surface area contributed by atoms with Crippen LogP contribution in [0.3, 0.4) is 0 Å². The molecule has 146 valence electrons. The minimum absolute atomic E-state index is 0.184. The molecule has 1 atom stereocenters. The number of primary amides is 1. The lowest BCUT2D eigenvalue weighted by Crippen LogP contribution is -2.23. The summed E-state index contributed by atoms with van der Waals surface area (Å²) >= 11 is 0. The number of nitrogens with two attached hydrogens (primary N) is 1. The van der Waals surface area contributed by atoms with Gasteiger partial charge in [-0.3, -0.25) is 4.79 Å². The fourth-order valence-corrected chi connectivity index (χ4v) is 3.36. The number of aromatic nitrogens is 1. The summed E-state index contributed by atoms with van der Waals surface area (Å²) in [5.74, 6) is 0.263. The van der Waals surface area contributed by atoms with Crippen molar-refractivity contribution in [1.82, 2.24) is 4.57 Å². The monoisotopic (exact) mass is 386 g/mol. The normalized spacial score (nSPS) is 12.0. The van der Waals surface area contributed by atoms with Gasteiger partial charge >= 0.3 is 0 Å². The van der Waals surface area contributed by atoms with Crippen molar-refractivity contribution in [3.63, 3.8) is 0 Å². The van der Waals surface area contributed by atoms with Crippen LogP contribution >= 0.6 is 0 Å². The van der Waals surface area contributed by atoms with Gasteiger partial charge in [-0.15, -0.1) is 0 Å². The van der Waals surface area contributed by atoms with Crippen molar-refractivity contribution in [2.75, 3.05) is 6.61 Å². The van der Waals surface area contributed by atoms with Gasteiger partial charge in [0.05, 0.1) is 6.54 Å². The van der Waals surface area contributed by atoms with Crippen molar-refractivity contribution in [3.8, 4) is 16.9 Å². The molecule has 4 aromatic rings. The van der Waals surface area contributed by atoms with Crippen molar-refractivity contribution < 1.29 is 14.6 Å².